The highest BCUT2D eigenvalue weighted by atomic mass is 16.5. The summed E-state index contributed by atoms with van der Waals surface area (Å²) in [6.07, 6.45) is 4.59. The van der Waals surface area contributed by atoms with E-state index in [9.17, 15) is 5.11 Å². The maximum atomic E-state index is 11.7. The van der Waals surface area contributed by atoms with Crippen LogP contribution >= 0.6 is 0 Å². The molecule has 2 heterocycles. The minimum atomic E-state index is -0.732. The van der Waals surface area contributed by atoms with Gasteiger partial charge in [0.1, 0.15) is 12.4 Å². The largest absolute Gasteiger partial charge is 0.492 e. The Morgan fingerprint density at radius 3 is 2.63 bits per heavy atom. The van der Waals surface area contributed by atoms with Crippen LogP contribution < -0.4 is 4.74 Å². The maximum Gasteiger partial charge on any atom is 0.119 e. The Bertz CT molecular complexity index is 836. The number of nitrogens with zero attached hydrogens (tertiary/aromatic N) is 2. The summed E-state index contributed by atoms with van der Waals surface area (Å²) >= 11 is 0. The van der Waals surface area contributed by atoms with Crippen molar-refractivity contribution in [3.63, 3.8) is 0 Å². The first-order valence-corrected chi connectivity index (χ1v) is 11.6. The number of fused-ring (bicyclic) bond motifs is 1. The first-order chi connectivity index (χ1) is 14.7. The van der Waals surface area contributed by atoms with Crippen LogP contribution in [0.5, 0.6) is 5.75 Å². The third kappa shape index (κ3) is 4.14. The molecular weight excluding hydrogens is 372 g/mol. The van der Waals surface area contributed by atoms with E-state index >= 15 is 0 Å². The highest BCUT2D eigenvalue weighted by molar-refractivity contribution is 5.34. The molecule has 2 aromatic carbocycles. The smallest absolute Gasteiger partial charge is 0.119 e. The Hall–Kier alpha value is -1.88. The molecule has 0 spiro atoms. The van der Waals surface area contributed by atoms with E-state index < -0.39 is 5.60 Å². The van der Waals surface area contributed by atoms with Crippen LogP contribution in [0.2, 0.25) is 0 Å². The van der Waals surface area contributed by atoms with Crippen molar-refractivity contribution in [3.8, 4) is 5.75 Å². The predicted molar refractivity (Wildman–Crippen MR) is 119 cm³/mol. The lowest BCUT2D eigenvalue weighted by molar-refractivity contribution is -0.00703. The van der Waals surface area contributed by atoms with E-state index in [-0.39, 0.29) is 0 Å². The molecule has 3 fully saturated rings. The fourth-order valence-electron chi connectivity index (χ4n) is 5.87. The molecular formula is C26H34N2O2. The minimum absolute atomic E-state index is 0.307. The Labute approximate surface area is 180 Å². The molecule has 4 nitrogen and oxygen atoms in total. The lowest BCUT2D eigenvalue weighted by Crippen LogP contribution is -2.34. The fraction of sp³-hybridized carbons (Fsp3) is 0.538. The number of rotatable bonds is 7. The summed E-state index contributed by atoms with van der Waals surface area (Å²) in [7, 11) is 0. The first-order valence-electron chi connectivity index (χ1n) is 11.6. The van der Waals surface area contributed by atoms with Gasteiger partial charge in [-0.25, -0.2) is 0 Å². The van der Waals surface area contributed by atoms with Gasteiger partial charge in [0, 0.05) is 32.1 Å². The average Bonchev–Trinajstić information content (AvgIpc) is 3.49. The highest BCUT2D eigenvalue weighted by Gasteiger charge is 2.52. The number of aliphatic hydroxyl groups is 1. The van der Waals surface area contributed by atoms with Crippen LogP contribution in [0.15, 0.2) is 54.6 Å². The van der Waals surface area contributed by atoms with Gasteiger partial charge in [-0.1, -0.05) is 42.5 Å². The molecule has 2 aromatic rings. The van der Waals surface area contributed by atoms with Crippen molar-refractivity contribution < 1.29 is 9.84 Å². The van der Waals surface area contributed by atoms with E-state index in [2.05, 4.69) is 52.3 Å². The highest BCUT2D eigenvalue weighted by Crippen LogP contribution is 2.51. The molecule has 30 heavy (non-hydrogen) atoms. The van der Waals surface area contributed by atoms with Gasteiger partial charge < -0.3 is 9.84 Å². The summed E-state index contributed by atoms with van der Waals surface area (Å²) in [6, 6.07) is 18.9. The van der Waals surface area contributed by atoms with Crippen molar-refractivity contribution in [2.24, 2.45) is 11.8 Å². The molecule has 1 N–H and O–H groups in total. The van der Waals surface area contributed by atoms with Gasteiger partial charge in [0.15, 0.2) is 0 Å². The van der Waals surface area contributed by atoms with Crippen molar-refractivity contribution >= 4 is 0 Å². The van der Waals surface area contributed by atoms with E-state index in [1.807, 2.05) is 12.1 Å². The van der Waals surface area contributed by atoms with Gasteiger partial charge in [-0.3, -0.25) is 9.80 Å². The zero-order valence-corrected chi connectivity index (χ0v) is 17.9. The van der Waals surface area contributed by atoms with E-state index in [0.29, 0.717) is 11.8 Å². The molecule has 3 atom stereocenters. The maximum absolute atomic E-state index is 11.7. The monoisotopic (exact) mass is 406 g/mol. The van der Waals surface area contributed by atoms with E-state index in [1.54, 1.807) is 0 Å². The SMILES string of the molecule is OC1(c2cccc(OCCN3CCCC3)c2)CCC2CN(Cc3ccccc3)CC21. The Balaban J connectivity index is 1.23. The fourth-order valence-corrected chi connectivity index (χ4v) is 5.87. The second-order valence-electron chi connectivity index (χ2n) is 9.43. The van der Waals surface area contributed by atoms with E-state index in [4.69, 9.17) is 4.74 Å². The standard InChI is InChI=1S/C26H34N2O2/c29-26(23-9-6-10-24(17-23)30-16-15-27-13-4-5-14-27)12-11-22-19-28(20-25(22)26)18-21-7-2-1-3-8-21/h1-3,6-10,17,22,25,29H,4-5,11-16,18-20H2. The third-order valence-corrected chi connectivity index (χ3v) is 7.48. The first kappa shape index (κ1) is 20.0. The Morgan fingerprint density at radius 2 is 1.80 bits per heavy atom. The molecule has 5 rings (SSSR count). The van der Waals surface area contributed by atoms with Gasteiger partial charge in [-0.2, -0.15) is 0 Å². The third-order valence-electron chi connectivity index (χ3n) is 7.48. The van der Waals surface area contributed by atoms with E-state index in [0.717, 1.165) is 56.9 Å². The van der Waals surface area contributed by atoms with E-state index in [1.165, 1.54) is 31.5 Å². The van der Waals surface area contributed by atoms with Gasteiger partial charge >= 0.3 is 0 Å². The second kappa shape index (κ2) is 8.70. The average molecular weight is 407 g/mol. The summed E-state index contributed by atoms with van der Waals surface area (Å²) in [5, 5.41) is 11.7. The normalized spacial score (nSPS) is 29.4. The van der Waals surface area contributed by atoms with Crippen LogP contribution in [0.25, 0.3) is 0 Å². The molecule has 3 unspecified atom stereocenters. The summed E-state index contributed by atoms with van der Waals surface area (Å²) in [6.45, 7) is 7.15. The molecule has 0 bridgehead atoms. The number of hydrogen-bond donors (Lipinski definition) is 1. The topological polar surface area (TPSA) is 35.9 Å². The lowest BCUT2D eigenvalue weighted by atomic mass is 9.82. The van der Waals surface area contributed by atoms with Crippen LogP contribution in [-0.2, 0) is 12.1 Å². The summed E-state index contributed by atoms with van der Waals surface area (Å²) in [5.41, 5.74) is 1.66. The Kier molecular flexibility index (Phi) is 5.81. The van der Waals surface area contributed by atoms with Crippen LogP contribution in [-0.4, -0.2) is 54.2 Å². The summed E-state index contributed by atoms with van der Waals surface area (Å²) in [4.78, 5) is 4.99. The van der Waals surface area contributed by atoms with Gasteiger partial charge in [0.25, 0.3) is 0 Å². The molecule has 1 saturated carbocycles. The molecule has 1 aliphatic carbocycles. The van der Waals surface area contributed by atoms with Crippen molar-refractivity contribution in [1.82, 2.24) is 9.80 Å². The molecule has 0 aromatic heterocycles. The Morgan fingerprint density at radius 1 is 0.967 bits per heavy atom. The number of ether oxygens (including phenoxy) is 1. The van der Waals surface area contributed by atoms with Crippen molar-refractivity contribution in [2.45, 2.75) is 37.8 Å². The number of hydrogen-bond acceptors (Lipinski definition) is 4. The van der Waals surface area contributed by atoms with Crippen molar-refractivity contribution in [3.05, 3.63) is 65.7 Å². The van der Waals surface area contributed by atoms with Gasteiger partial charge in [-0.05, 0) is 68.0 Å². The van der Waals surface area contributed by atoms with Crippen LogP contribution in [0, 0.1) is 11.8 Å². The molecule has 4 heteroatoms. The number of likely N-dealkylation sites (tertiary alicyclic amines) is 2. The minimum Gasteiger partial charge on any atom is -0.492 e. The predicted octanol–water partition coefficient (Wildman–Crippen LogP) is 3.89. The van der Waals surface area contributed by atoms with Crippen LogP contribution in [0.3, 0.4) is 0 Å². The quantitative estimate of drug-likeness (QED) is 0.757. The van der Waals surface area contributed by atoms with Crippen LogP contribution in [0.1, 0.15) is 36.8 Å². The molecule has 2 aliphatic heterocycles. The number of benzene rings is 2. The van der Waals surface area contributed by atoms with Crippen molar-refractivity contribution in [2.75, 3.05) is 39.3 Å². The second-order valence-corrected chi connectivity index (χ2v) is 9.43. The molecule has 2 saturated heterocycles. The van der Waals surface area contributed by atoms with Gasteiger partial charge in [0.2, 0.25) is 0 Å². The molecule has 3 aliphatic rings. The lowest BCUT2D eigenvalue weighted by Gasteiger charge is -2.31. The zero-order chi connectivity index (χ0) is 20.4. The van der Waals surface area contributed by atoms with Gasteiger partial charge in [0.05, 0.1) is 5.60 Å². The zero-order valence-electron chi connectivity index (χ0n) is 17.9. The molecule has 0 amide bonds. The summed E-state index contributed by atoms with van der Waals surface area (Å²) < 4.78 is 6.06. The van der Waals surface area contributed by atoms with Gasteiger partial charge in [-0.15, -0.1) is 0 Å². The summed E-state index contributed by atoms with van der Waals surface area (Å²) in [5.74, 6) is 1.78. The van der Waals surface area contributed by atoms with Crippen molar-refractivity contribution in [1.29, 1.82) is 0 Å². The molecule has 160 valence electrons. The molecule has 0 radical (unpaired) electrons. The van der Waals surface area contributed by atoms with Crippen LogP contribution in [0.4, 0.5) is 0 Å².